The van der Waals surface area contributed by atoms with Gasteiger partial charge >= 0.3 is 0 Å². The number of ether oxygens (including phenoxy) is 1. The van der Waals surface area contributed by atoms with Crippen molar-refractivity contribution < 1.29 is 13.9 Å². The van der Waals surface area contributed by atoms with Crippen molar-refractivity contribution in [3.8, 4) is 5.95 Å². The largest absolute Gasteiger partial charge is 0.468 e. The van der Waals surface area contributed by atoms with Crippen molar-refractivity contribution in [1.29, 1.82) is 0 Å². The maximum Gasteiger partial charge on any atom is 0.289 e. The summed E-state index contributed by atoms with van der Waals surface area (Å²) in [5, 5.41) is 0. The van der Waals surface area contributed by atoms with Gasteiger partial charge in [0.1, 0.15) is 5.82 Å². The van der Waals surface area contributed by atoms with Crippen LogP contribution in [0.15, 0.2) is 28.9 Å². The summed E-state index contributed by atoms with van der Waals surface area (Å²) in [5.41, 5.74) is 0. The lowest BCUT2D eigenvalue weighted by molar-refractivity contribution is 0.0665. The molecule has 0 bridgehead atoms. The molecule has 0 radical (unpaired) electrons. The average Bonchev–Trinajstić information content (AvgIpc) is 3.28. The van der Waals surface area contributed by atoms with Crippen molar-refractivity contribution in [2.24, 2.45) is 0 Å². The summed E-state index contributed by atoms with van der Waals surface area (Å²) in [6.07, 6.45) is 5.89. The van der Waals surface area contributed by atoms with E-state index in [1.165, 1.54) is 7.11 Å². The summed E-state index contributed by atoms with van der Waals surface area (Å²) < 4.78 is 12.6. The highest BCUT2D eigenvalue weighted by Crippen LogP contribution is 2.27. The van der Waals surface area contributed by atoms with Crippen LogP contribution in [0.2, 0.25) is 0 Å². The summed E-state index contributed by atoms with van der Waals surface area (Å²) in [4.78, 5) is 21.3. The van der Waals surface area contributed by atoms with Crippen LogP contribution in [-0.4, -0.2) is 66.1 Å². The lowest BCUT2D eigenvalue weighted by Gasteiger charge is -2.32. The third-order valence-electron chi connectivity index (χ3n) is 4.60. The molecular weight excluding hydrogens is 320 g/mol. The van der Waals surface area contributed by atoms with Gasteiger partial charge in [0.05, 0.1) is 7.11 Å². The summed E-state index contributed by atoms with van der Waals surface area (Å²) in [5.74, 6) is 1.92. The van der Waals surface area contributed by atoms with Crippen LogP contribution in [0.4, 0.5) is 0 Å². The standard InChI is InChI=1S/C18H26N4O3/c1-20(2)11-12-21-10-8-19-17(21)14-5-4-9-22(13-14)18(23)15-6-7-16(24-3)25-15/h6-8,10,14H,4-5,9,11-13H2,1-3H3/t14-/m1/s1. The fourth-order valence-corrected chi connectivity index (χ4v) is 3.25. The summed E-state index contributed by atoms with van der Waals surface area (Å²) in [6, 6.07) is 3.34. The van der Waals surface area contributed by atoms with Gasteiger partial charge in [0.15, 0.2) is 5.76 Å². The van der Waals surface area contributed by atoms with Gasteiger partial charge in [-0.1, -0.05) is 0 Å². The zero-order chi connectivity index (χ0) is 17.8. The fourth-order valence-electron chi connectivity index (χ4n) is 3.25. The highest BCUT2D eigenvalue weighted by atomic mass is 16.6. The molecule has 7 nitrogen and oxygen atoms in total. The predicted octanol–water partition coefficient (Wildman–Crippen LogP) is 2.07. The van der Waals surface area contributed by atoms with Crippen LogP contribution < -0.4 is 4.74 Å². The molecule has 136 valence electrons. The minimum Gasteiger partial charge on any atom is -0.468 e. The Hall–Kier alpha value is -2.28. The van der Waals surface area contributed by atoms with Crippen LogP contribution >= 0.6 is 0 Å². The summed E-state index contributed by atoms with van der Waals surface area (Å²) in [6.45, 7) is 3.28. The van der Waals surface area contributed by atoms with Crippen LogP contribution in [0.25, 0.3) is 0 Å². The first-order valence-corrected chi connectivity index (χ1v) is 8.67. The molecule has 7 heteroatoms. The number of rotatable bonds is 6. The van der Waals surface area contributed by atoms with Gasteiger partial charge in [-0.3, -0.25) is 4.79 Å². The Kier molecular flexibility index (Phi) is 5.43. The van der Waals surface area contributed by atoms with Gasteiger partial charge in [0.2, 0.25) is 0 Å². The number of imidazole rings is 1. The van der Waals surface area contributed by atoms with Gasteiger partial charge in [-0.05, 0) is 33.0 Å². The van der Waals surface area contributed by atoms with Crippen molar-refractivity contribution in [1.82, 2.24) is 19.4 Å². The smallest absolute Gasteiger partial charge is 0.289 e. The number of amides is 1. The van der Waals surface area contributed by atoms with Crippen LogP contribution in [-0.2, 0) is 6.54 Å². The normalized spacial score (nSPS) is 17.9. The number of likely N-dealkylation sites (N-methyl/N-ethyl adjacent to an activating group) is 1. The molecule has 0 saturated carbocycles. The molecule has 3 rings (SSSR count). The van der Waals surface area contributed by atoms with Crippen molar-refractivity contribution in [2.45, 2.75) is 25.3 Å². The van der Waals surface area contributed by atoms with E-state index in [4.69, 9.17) is 9.15 Å². The van der Waals surface area contributed by atoms with Crippen LogP contribution in [0, 0.1) is 0 Å². The molecule has 1 aliphatic heterocycles. The quantitative estimate of drug-likeness (QED) is 0.801. The number of nitrogens with zero attached hydrogens (tertiary/aromatic N) is 4. The zero-order valence-electron chi connectivity index (χ0n) is 15.1. The molecule has 3 heterocycles. The maximum atomic E-state index is 12.7. The molecule has 1 fully saturated rings. The number of likely N-dealkylation sites (tertiary alicyclic amines) is 1. The van der Waals surface area contributed by atoms with Crippen molar-refractivity contribution in [3.05, 3.63) is 36.1 Å². The maximum absolute atomic E-state index is 12.7. The van der Waals surface area contributed by atoms with Crippen LogP contribution in [0.5, 0.6) is 5.95 Å². The summed E-state index contributed by atoms with van der Waals surface area (Å²) in [7, 11) is 5.65. The van der Waals surface area contributed by atoms with E-state index in [2.05, 4.69) is 28.5 Å². The number of hydrogen-bond donors (Lipinski definition) is 0. The van der Waals surface area contributed by atoms with Gasteiger partial charge in [-0.2, -0.15) is 0 Å². The third-order valence-corrected chi connectivity index (χ3v) is 4.60. The topological polar surface area (TPSA) is 63.7 Å². The van der Waals surface area contributed by atoms with Crippen LogP contribution in [0.1, 0.15) is 35.1 Å². The molecule has 0 spiro atoms. The number of methoxy groups -OCH3 is 1. The molecule has 25 heavy (non-hydrogen) atoms. The minimum atomic E-state index is -0.0839. The Balaban J connectivity index is 1.69. The third kappa shape index (κ3) is 4.04. The molecule has 2 aromatic rings. The van der Waals surface area contributed by atoms with Gasteiger partial charge in [0, 0.05) is 50.6 Å². The molecule has 0 aromatic carbocycles. The Bertz CT molecular complexity index is 707. The van der Waals surface area contributed by atoms with Crippen molar-refractivity contribution in [2.75, 3.05) is 40.8 Å². The molecule has 1 amide bonds. The van der Waals surface area contributed by atoms with E-state index < -0.39 is 0 Å². The molecule has 0 unspecified atom stereocenters. The van der Waals surface area contributed by atoms with Crippen LogP contribution in [0.3, 0.4) is 0 Å². The lowest BCUT2D eigenvalue weighted by atomic mass is 9.97. The van der Waals surface area contributed by atoms with E-state index >= 15 is 0 Å². The van der Waals surface area contributed by atoms with E-state index in [-0.39, 0.29) is 11.8 Å². The highest BCUT2D eigenvalue weighted by molar-refractivity contribution is 5.91. The second kappa shape index (κ2) is 7.74. The lowest BCUT2D eigenvalue weighted by Crippen LogP contribution is -2.39. The molecule has 0 N–H and O–H groups in total. The van der Waals surface area contributed by atoms with E-state index in [0.29, 0.717) is 18.3 Å². The zero-order valence-corrected chi connectivity index (χ0v) is 15.1. The van der Waals surface area contributed by atoms with Gasteiger partial charge in [-0.15, -0.1) is 0 Å². The summed E-state index contributed by atoms with van der Waals surface area (Å²) >= 11 is 0. The first kappa shape index (κ1) is 17.5. The number of aromatic nitrogens is 2. The van der Waals surface area contributed by atoms with Crippen molar-refractivity contribution in [3.63, 3.8) is 0 Å². The second-order valence-electron chi connectivity index (χ2n) is 6.70. The molecular formula is C18H26N4O3. The van der Waals surface area contributed by atoms with Gasteiger partial charge in [-0.25, -0.2) is 4.98 Å². The highest BCUT2D eigenvalue weighted by Gasteiger charge is 2.29. The van der Waals surface area contributed by atoms with Gasteiger partial charge in [0.25, 0.3) is 11.9 Å². The SMILES string of the molecule is COc1ccc(C(=O)N2CCC[C@@H](c3nccn3CCN(C)C)C2)o1. The molecule has 1 aliphatic rings. The molecule has 2 aromatic heterocycles. The van der Waals surface area contributed by atoms with E-state index in [0.717, 1.165) is 38.3 Å². The van der Waals surface area contributed by atoms with Gasteiger partial charge < -0.3 is 23.5 Å². The van der Waals surface area contributed by atoms with E-state index in [1.54, 1.807) is 12.1 Å². The number of hydrogen-bond acceptors (Lipinski definition) is 5. The number of carbonyl (C=O) groups excluding carboxylic acids is 1. The predicted molar refractivity (Wildman–Crippen MR) is 93.9 cm³/mol. The minimum absolute atomic E-state index is 0.0839. The number of piperidine rings is 1. The average molecular weight is 346 g/mol. The Labute approximate surface area is 148 Å². The fraction of sp³-hybridized carbons (Fsp3) is 0.556. The monoisotopic (exact) mass is 346 g/mol. The Morgan fingerprint density at radius 2 is 2.28 bits per heavy atom. The first-order valence-electron chi connectivity index (χ1n) is 8.67. The van der Waals surface area contributed by atoms with E-state index in [1.807, 2.05) is 17.3 Å². The van der Waals surface area contributed by atoms with E-state index in [9.17, 15) is 4.79 Å². The molecule has 1 saturated heterocycles. The molecule has 0 aliphatic carbocycles. The number of carbonyl (C=O) groups is 1. The van der Waals surface area contributed by atoms with Crippen molar-refractivity contribution >= 4 is 5.91 Å². The second-order valence-corrected chi connectivity index (χ2v) is 6.70. The number of furan rings is 1. The Morgan fingerprint density at radius 1 is 1.44 bits per heavy atom. The first-order chi connectivity index (χ1) is 12.1. The molecule has 1 atom stereocenters. The Morgan fingerprint density at radius 3 is 3.00 bits per heavy atom.